The molecule has 0 saturated carbocycles. The van der Waals surface area contributed by atoms with Crippen LogP contribution in [-0.2, 0) is 21.4 Å². The lowest BCUT2D eigenvalue weighted by Gasteiger charge is -2.30. The van der Waals surface area contributed by atoms with Gasteiger partial charge >= 0.3 is 16.2 Å². The Morgan fingerprint density at radius 3 is 2.50 bits per heavy atom. The third-order valence-electron chi connectivity index (χ3n) is 3.49. The molecule has 1 unspecified atom stereocenters. The highest BCUT2D eigenvalue weighted by Gasteiger charge is 2.43. The number of hydrogen-bond donors (Lipinski definition) is 1. The largest absolute Gasteiger partial charge is 0.480 e. The van der Waals surface area contributed by atoms with Crippen LogP contribution < -0.4 is 4.31 Å². The molecule has 0 fully saturated rings. The van der Waals surface area contributed by atoms with Crippen molar-refractivity contribution in [2.45, 2.75) is 26.3 Å². The van der Waals surface area contributed by atoms with E-state index in [1.54, 1.807) is 38.1 Å². The smallest absolute Gasteiger partial charge is 0.327 e. The molecule has 1 aliphatic heterocycles. The molecule has 1 aromatic rings. The van der Waals surface area contributed by atoms with Crippen LogP contribution in [-0.4, -0.2) is 42.9 Å². The molecule has 1 aromatic carbocycles. The van der Waals surface area contributed by atoms with Crippen LogP contribution in [0.4, 0.5) is 5.69 Å². The van der Waals surface area contributed by atoms with Gasteiger partial charge in [0.15, 0.2) is 0 Å². The molecule has 0 aromatic heterocycles. The van der Waals surface area contributed by atoms with Crippen LogP contribution in [0.2, 0.25) is 0 Å². The lowest BCUT2D eigenvalue weighted by atomic mass is 10.1. The summed E-state index contributed by atoms with van der Waals surface area (Å²) in [5, 5.41) is 9.32. The lowest BCUT2D eigenvalue weighted by Crippen LogP contribution is -2.50. The van der Waals surface area contributed by atoms with E-state index in [2.05, 4.69) is 0 Å². The van der Waals surface area contributed by atoms with Crippen molar-refractivity contribution in [2.75, 3.05) is 17.4 Å². The van der Waals surface area contributed by atoms with Crippen LogP contribution in [0.15, 0.2) is 24.3 Å². The first-order chi connectivity index (χ1) is 9.43. The number of nitrogens with zero attached hydrogens (tertiary/aromatic N) is 2. The predicted octanol–water partition coefficient (Wildman–Crippen LogP) is 1.09. The first kappa shape index (κ1) is 14.8. The van der Waals surface area contributed by atoms with Gasteiger partial charge in [-0.2, -0.15) is 12.7 Å². The summed E-state index contributed by atoms with van der Waals surface area (Å²) in [6.07, 6.45) is 0.200. The number of anilines is 1. The Kier molecular flexibility index (Phi) is 4.01. The third-order valence-corrected chi connectivity index (χ3v) is 5.61. The van der Waals surface area contributed by atoms with Crippen LogP contribution in [0, 0.1) is 0 Å². The minimum Gasteiger partial charge on any atom is -0.480 e. The fourth-order valence-corrected chi connectivity index (χ4v) is 4.32. The van der Waals surface area contributed by atoms with Gasteiger partial charge in [0, 0.05) is 19.5 Å². The van der Waals surface area contributed by atoms with Crippen molar-refractivity contribution in [3.8, 4) is 0 Å². The second-order valence-electron chi connectivity index (χ2n) is 4.57. The molecule has 7 heteroatoms. The van der Waals surface area contributed by atoms with Crippen LogP contribution in [0.3, 0.4) is 0 Å². The van der Waals surface area contributed by atoms with Gasteiger partial charge < -0.3 is 5.11 Å². The molecule has 1 atom stereocenters. The molecule has 0 saturated heterocycles. The Bertz CT molecular complexity index is 611. The van der Waals surface area contributed by atoms with Crippen molar-refractivity contribution in [1.82, 2.24) is 4.31 Å². The molecule has 0 radical (unpaired) electrons. The summed E-state index contributed by atoms with van der Waals surface area (Å²) in [5.41, 5.74) is 1.21. The van der Waals surface area contributed by atoms with E-state index in [0.29, 0.717) is 18.8 Å². The molecular formula is C13H18N2O4S. The molecule has 0 bridgehead atoms. The van der Waals surface area contributed by atoms with E-state index in [9.17, 15) is 18.3 Å². The molecule has 2 rings (SSSR count). The zero-order valence-electron chi connectivity index (χ0n) is 11.5. The van der Waals surface area contributed by atoms with Crippen LogP contribution in [0.25, 0.3) is 0 Å². The van der Waals surface area contributed by atoms with Gasteiger partial charge in [0.2, 0.25) is 0 Å². The summed E-state index contributed by atoms with van der Waals surface area (Å²) in [4.78, 5) is 11.4. The number of rotatable bonds is 5. The maximum atomic E-state index is 12.7. The molecule has 1 heterocycles. The van der Waals surface area contributed by atoms with Crippen LogP contribution in [0.1, 0.15) is 19.4 Å². The number of benzene rings is 1. The predicted molar refractivity (Wildman–Crippen MR) is 75.9 cm³/mol. The zero-order chi connectivity index (χ0) is 14.9. The Balaban J connectivity index is 2.54. The molecule has 0 amide bonds. The average Bonchev–Trinajstić information content (AvgIpc) is 2.79. The standard InChI is InChI=1S/C13H18N2O4S/c1-3-14(4-2)20(18,19)15-11-8-6-5-7-10(11)9-12(15)13(16)17/h5-8,12H,3-4,9H2,1-2H3,(H,16,17). The normalized spacial score (nSPS) is 18.4. The lowest BCUT2D eigenvalue weighted by molar-refractivity contribution is -0.138. The van der Waals surface area contributed by atoms with E-state index in [0.717, 1.165) is 9.87 Å². The Hall–Kier alpha value is -1.60. The van der Waals surface area contributed by atoms with Gasteiger partial charge in [-0.1, -0.05) is 32.0 Å². The van der Waals surface area contributed by atoms with E-state index in [1.807, 2.05) is 0 Å². The maximum Gasteiger partial charge on any atom is 0.327 e. The minimum absolute atomic E-state index is 0.200. The average molecular weight is 298 g/mol. The number of aliphatic carboxylic acids is 1. The molecular weight excluding hydrogens is 280 g/mol. The molecule has 0 aliphatic carbocycles. The number of carbonyl (C=O) groups is 1. The van der Waals surface area contributed by atoms with E-state index < -0.39 is 22.2 Å². The van der Waals surface area contributed by atoms with Gasteiger partial charge in [-0.25, -0.2) is 9.10 Å². The number of carboxylic acids is 1. The van der Waals surface area contributed by atoms with Gasteiger partial charge in [0.1, 0.15) is 6.04 Å². The summed E-state index contributed by atoms with van der Waals surface area (Å²) in [5.74, 6) is -1.13. The minimum atomic E-state index is -3.82. The Morgan fingerprint density at radius 1 is 1.35 bits per heavy atom. The second kappa shape index (κ2) is 5.41. The Morgan fingerprint density at radius 2 is 1.95 bits per heavy atom. The maximum absolute atomic E-state index is 12.7. The van der Waals surface area contributed by atoms with Crippen molar-refractivity contribution >= 4 is 21.9 Å². The summed E-state index contributed by atoms with van der Waals surface area (Å²) in [6, 6.07) is 5.85. The van der Waals surface area contributed by atoms with E-state index >= 15 is 0 Å². The topological polar surface area (TPSA) is 77.9 Å². The van der Waals surface area contributed by atoms with Crippen molar-refractivity contribution in [2.24, 2.45) is 0 Å². The molecule has 6 nitrogen and oxygen atoms in total. The molecule has 1 aliphatic rings. The van der Waals surface area contributed by atoms with Crippen molar-refractivity contribution in [3.63, 3.8) is 0 Å². The fourth-order valence-electron chi connectivity index (χ4n) is 2.50. The number of hydrogen-bond acceptors (Lipinski definition) is 3. The van der Waals surface area contributed by atoms with Gasteiger partial charge in [-0.3, -0.25) is 0 Å². The number of para-hydroxylation sites is 1. The summed E-state index contributed by atoms with van der Waals surface area (Å²) < 4.78 is 27.6. The van der Waals surface area contributed by atoms with Crippen molar-refractivity contribution in [1.29, 1.82) is 0 Å². The zero-order valence-corrected chi connectivity index (χ0v) is 12.3. The molecule has 110 valence electrons. The van der Waals surface area contributed by atoms with Gasteiger partial charge in [-0.05, 0) is 11.6 Å². The molecule has 20 heavy (non-hydrogen) atoms. The highest BCUT2D eigenvalue weighted by Crippen LogP contribution is 2.35. The van der Waals surface area contributed by atoms with Crippen molar-refractivity contribution < 1.29 is 18.3 Å². The summed E-state index contributed by atoms with van der Waals surface area (Å²) >= 11 is 0. The van der Waals surface area contributed by atoms with E-state index in [4.69, 9.17) is 0 Å². The highest BCUT2D eigenvalue weighted by atomic mass is 32.2. The Labute approximate surface area is 118 Å². The fraction of sp³-hybridized carbons (Fsp3) is 0.462. The molecule has 1 N–H and O–H groups in total. The first-order valence-electron chi connectivity index (χ1n) is 6.53. The first-order valence-corrected chi connectivity index (χ1v) is 7.93. The monoisotopic (exact) mass is 298 g/mol. The number of fused-ring (bicyclic) bond motifs is 1. The van der Waals surface area contributed by atoms with Gasteiger partial charge in [0.25, 0.3) is 0 Å². The van der Waals surface area contributed by atoms with Gasteiger partial charge in [-0.15, -0.1) is 0 Å². The SMILES string of the molecule is CCN(CC)S(=O)(=O)N1c2ccccc2CC1C(=O)O. The van der Waals surface area contributed by atoms with Gasteiger partial charge in [0.05, 0.1) is 5.69 Å². The van der Waals surface area contributed by atoms with E-state index in [1.165, 1.54) is 4.31 Å². The van der Waals surface area contributed by atoms with Crippen LogP contribution in [0.5, 0.6) is 0 Å². The molecule has 0 spiro atoms. The second-order valence-corrected chi connectivity index (χ2v) is 6.38. The summed E-state index contributed by atoms with van der Waals surface area (Å²) in [7, 11) is -3.82. The van der Waals surface area contributed by atoms with E-state index in [-0.39, 0.29) is 6.42 Å². The van der Waals surface area contributed by atoms with Crippen molar-refractivity contribution in [3.05, 3.63) is 29.8 Å². The summed E-state index contributed by atoms with van der Waals surface area (Å²) in [6.45, 7) is 4.09. The third kappa shape index (κ3) is 2.27. The van der Waals surface area contributed by atoms with Crippen LogP contribution >= 0.6 is 0 Å². The highest BCUT2D eigenvalue weighted by molar-refractivity contribution is 7.90. The quantitative estimate of drug-likeness (QED) is 0.882. The number of carboxylic acid groups (broad SMARTS) is 1.